The first-order valence-electron chi connectivity index (χ1n) is 8.34. The highest BCUT2D eigenvalue weighted by atomic mass is 32.1. The van der Waals surface area contributed by atoms with Crippen LogP contribution >= 0.6 is 22.7 Å². The molecule has 134 valence electrons. The lowest BCUT2D eigenvalue weighted by atomic mass is 10.2. The predicted molar refractivity (Wildman–Crippen MR) is 108 cm³/mol. The molecule has 0 radical (unpaired) electrons. The van der Waals surface area contributed by atoms with E-state index in [0.29, 0.717) is 0 Å². The predicted octanol–water partition coefficient (Wildman–Crippen LogP) is 3.78. The van der Waals surface area contributed by atoms with Crippen LogP contribution in [-0.2, 0) is 6.42 Å². The summed E-state index contributed by atoms with van der Waals surface area (Å²) < 4.78 is 0. The molecule has 0 saturated heterocycles. The Balaban J connectivity index is 1.58. The fourth-order valence-electron chi connectivity index (χ4n) is 2.78. The maximum absolute atomic E-state index is 5.53. The van der Waals surface area contributed by atoms with Crippen molar-refractivity contribution >= 4 is 44.7 Å². The van der Waals surface area contributed by atoms with E-state index in [9.17, 15) is 0 Å². The van der Waals surface area contributed by atoms with Crippen LogP contribution in [0, 0.1) is 13.8 Å². The van der Waals surface area contributed by atoms with Crippen molar-refractivity contribution in [3.05, 3.63) is 33.8 Å². The highest BCUT2D eigenvalue weighted by Crippen LogP contribution is 2.35. The number of aryl methyl sites for hydroxylation is 3. The summed E-state index contributed by atoms with van der Waals surface area (Å²) in [7, 11) is 0. The molecular formula is C17H19N7S2. The SMILES string of the molecule is Cc1sc2nc(-c3cccs3)nc(NCCCc3nc(N)n[nH]3)c2c1C. The zero-order valence-corrected chi connectivity index (χ0v) is 16.2. The zero-order valence-electron chi connectivity index (χ0n) is 14.5. The standard InChI is InChI=1S/C17H19N7S2/c1-9-10(2)26-16-13(9)15(21-14(22-16)11-5-4-8-25-11)19-7-3-6-12-20-17(18)24-23-12/h4-5,8H,3,6-7H2,1-2H3,(H,19,21,22)(H3,18,20,23,24). The fourth-order valence-corrected chi connectivity index (χ4v) is 4.46. The Morgan fingerprint density at radius 3 is 2.85 bits per heavy atom. The van der Waals surface area contributed by atoms with Gasteiger partial charge in [0, 0.05) is 17.8 Å². The van der Waals surface area contributed by atoms with Crippen molar-refractivity contribution in [2.75, 3.05) is 17.6 Å². The van der Waals surface area contributed by atoms with Gasteiger partial charge < -0.3 is 11.1 Å². The summed E-state index contributed by atoms with van der Waals surface area (Å²) in [5.41, 5.74) is 6.78. The largest absolute Gasteiger partial charge is 0.369 e. The van der Waals surface area contributed by atoms with Gasteiger partial charge in [-0.15, -0.1) is 27.8 Å². The van der Waals surface area contributed by atoms with Gasteiger partial charge in [0.1, 0.15) is 16.5 Å². The van der Waals surface area contributed by atoms with Crippen LogP contribution < -0.4 is 11.1 Å². The van der Waals surface area contributed by atoms with Crippen molar-refractivity contribution < 1.29 is 0 Å². The van der Waals surface area contributed by atoms with E-state index in [0.717, 1.165) is 51.9 Å². The molecule has 7 nitrogen and oxygen atoms in total. The van der Waals surface area contributed by atoms with Crippen LogP contribution in [0.2, 0.25) is 0 Å². The Bertz CT molecular complexity index is 1030. The van der Waals surface area contributed by atoms with E-state index in [1.54, 1.807) is 22.7 Å². The molecule has 0 aliphatic carbocycles. The molecular weight excluding hydrogens is 366 g/mol. The van der Waals surface area contributed by atoms with Gasteiger partial charge in [-0.25, -0.2) is 9.97 Å². The molecule has 4 rings (SSSR count). The quantitative estimate of drug-likeness (QED) is 0.436. The molecule has 4 aromatic rings. The van der Waals surface area contributed by atoms with Gasteiger partial charge in [-0.05, 0) is 37.3 Å². The lowest BCUT2D eigenvalue weighted by Crippen LogP contribution is -2.07. The van der Waals surface area contributed by atoms with Gasteiger partial charge in [-0.2, -0.15) is 4.98 Å². The number of nitrogens with two attached hydrogens (primary N) is 1. The Hall–Kier alpha value is -2.52. The molecule has 0 aliphatic rings. The van der Waals surface area contributed by atoms with Crippen LogP contribution in [0.4, 0.5) is 11.8 Å². The Morgan fingerprint density at radius 2 is 2.12 bits per heavy atom. The van der Waals surface area contributed by atoms with Crippen LogP contribution in [0.25, 0.3) is 20.9 Å². The first-order valence-corrected chi connectivity index (χ1v) is 10.0. The smallest absolute Gasteiger partial charge is 0.239 e. The highest BCUT2D eigenvalue weighted by molar-refractivity contribution is 7.19. The average Bonchev–Trinajstić information content (AvgIpc) is 3.34. The molecule has 0 bridgehead atoms. The lowest BCUT2D eigenvalue weighted by molar-refractivity contribution is 0.804. The highest BCUT2D eigenvalue weighted by Gasteiger charge is 2.15. The molecule has 0 unspecified atom stereocenters. The van der Waals surface area contributed by atoms with Crippen LogP contribution in [0.5, 0.6) is 0 Å². The number of fused-ring (bicyclic) bond motifs is 1. The number of hydrogen-bond acceptors (Lipinski definition) is 8. The third-order valence-corrected chi connectivity index (χ3v) is 6.17. The van der Waals surface area contributed by atoms with E-state index in [1.807, 2.05) is 11.4 Å². The summed E-state index contributed by atoms with van der Waals surface area (Å²) >= 11 is 3.37. The third-order valence-electron chi connectivity index (χ3n) is 4.20. The number of nitrogens with zero attached hydrogens (tertiary/aromatic N) is 4. The monoisotopic (exact) mass is 385 g/mol. The van der Waals surface area contributed by atoms with Crippen LogP contribution in [0.15, 0.2) is 17.5 Å². The molecule has 0 saturated carbocycles. The number of thiophene rings is 2. The van der Waals surface area contributed by atoms with Gasteiger partial charge in [0.25, 0.3) is 0 Å². The minimum absolute atomic E-state index is 0.287. The molecule has 26 heavy (non-hydrogen) atoms. The zero-order chi connectivity index (χ0) is 18.1. The summed E-state index contributed by atoms with van der Waals surface area (Å²) in [6.45, 7) is 5.04. The second-order valence-electron chi connectivity index (χ2n) is 6.01. The second kappa shape index (κ2) is 7.00. The second-order valence-corrected chi connectivity index (χ2v) is 8.16. The molecule has 4 N–H and O–H groups in total. The number of nitrogens with one attached hydrogen (secondary N) is 2. The average molecular weight is 386 g/mol. The van der Waals surface area contributed by atoms with Crippen molar-refractivity contribution in [1.29, 1.82) is 0 Å². The normalized spacial score (nSPS) is 11.3. The summed E-state index contributed by atoms with van der Waals surface area (Å²) in [6.07, 6.45) is 1.68. The first kappa shape index (κ1) is 16.9. The van der Waals surface area contributed by atoms with Crippen molar-refractivity contribution in [2.45, 2.75) is 26.7 Å². The van der Waals surface area contributed by atoms with E-state index >= 15 is 0 Å². The van der Waals surface area contributed by atoms with Crippen LogP contribution in [-0.4, -0.2) is 31.7 Å². The Labute approximate surface area is 158 Å². The molecule has 0 aliphatic heterocycles. The Morgan fingerprint density at radius 1 is 1.23 bits per heavy atom. The number of aromatic amines is 1. The number of rotatable bonds is 6. The number of H-pyrrole nitrogens is 1. The van der Waals surface area contributed by atoms with Crippen molar-refractivity contribution in [1.82, 2.24) is 25.1 Å². The van der Waals surface area contributed by atoms with E-state index in [-0.39, 0.29) is 5.95 Å². The van der Waals surface area contributed by atoms with Gasteiger partial charge in [0.05, 0.1) is 10.3 Å². The van der Waals surface area contributed by atoms with Crippen LogP contribution in [0.3, 0.4) is 0 Å². The van der Waals surface area contributed by atoms with E-state index in [2.05, 4.69) is 40.4 Å². The molecule has 0 aromatic carbocycles. The lowest BCUT2D eigenvalue weighted by Gasteiger charge is -2.09. The molecule has 0 spiro atoms. The van der Waals surface area contributed by atoms with Crippen LogP contribution in [0.1, 0.15) is 22.7 Å². The maximum Gasteiger partial charge on any atom is 0.239 e. The van der Waals surface area contributed by atoms with Gasteiger partial charge in [-0.3, -0.25) is 5.10 Å². The van der Waals surface area contributed by atoms with Gasteiger partial charge >= 0.3 is 0 Å². The fraction of sp³-hybridized carbons (Fsp3) is 0.294. The minimum Gasteiger partial charge on any atom is -0.369 e. The summed E-state index contributed by atoms with van der Waals surface area (Å²) in [5.74, 6) is 2.77. The number of nitrogen functional groups attached to an aromatic ring is 1. The first-order chi connectivity index (χ1) is 12.6. The van der Waals surface area contributed by atoms with Crippen molar-refractivity contribution in [3.63, 3.8) is 0 Å². The molecule has 4 aromatic heterocycles. The molecule has 9 heteroatoms. The summed E-state index contributed by atoms with van der Waals surface area (Å²) in [4.78, 5) is 17.1. The summed E-state index contributed by atoms with van der Waals surface area (Å²) in [5, 5.41) is 13.3. The van der Waals surface area contributed by atoms with E-state index in [1.165, 1.54) is 10.4 Å². The number of anilines is 2. The van der Waals surface area contributed by atoms with E-state index < -0.39 is 0 Å². The molecule has 0 fully saturated rings. The molecule has 0 atom stereocenters. The van der Waals surface area contributed by atoms with Crippen molar-refractivity contribution in [3.8, 4) is 10.7 Å². The summed E-state index contributed by atoms with van der Waals surface area (Å²) in [6, 6.07) is 4.08. The molecule has 4 heterocycles. The third kappa shape index (κ3) is 3.27. The van der Waals surface area contributed by atoms with Crippen molar-refractivity contribution in [2.24, 2.45) is 0 Å². The molecule has 0 amide bonds. The maximum atomic E-state index is 5.53. The minimum atomic E-state index is 0.287. The topological polar surface area (TPSA) is 105 Å². The van der Waals surface area contributed by atoms with Gasteiger partial charge in [0.2, 0.25) is 5.95 Å². The van der Waals surface area contributed by atoms with Gasteiger partial charge in [0.15, 0.2) is 5.82 Å². The van der Waals surface area contributed by atoms with Gasteiger partial charge in [-0.1, -0.05) is 6.07 Å². The Kier molecular flexibility index (Phi) is 4.56. The number of aromatic nitrogens is 5. The van der Waals surface area contributed by atoms with E-state index in [4.69, 9.17) is 15.7 Å². The number of hydrogen-bond donors (Lipinski definition) is 3.